The van der Waals surface area contributed by atoms with Gasteiger partial charge in [-0.15, -0.1) is 0 Å². The summed E-state index contributed by atoms with van der Waals surface area (Å²) in [5.74, 6) is 0.942. The van der Waals surface area contributed by atoms with Crippen molar-refractivity contribution in [3.05, 3.63) is 51.5 Å². The first-order chi connectivity index (χ1) is 8.72. The Hall–Kier alpha value is -1.21. The van der Waals surface area contributed by atoms with Crippen LogP contribution in [0, 0.1) is 3.57 Å². The van der Waals surface area contributed by atoms with Crippen molar-refractivity contribution in [2.45, 2.75) is 13.1 Å². The van der Waals surface area contributed by atoms with Gasteiger partial charge in [0.15, 0.2) is 0 Å². The van der Waals surface area contributed by atoms with Crippen LogP contribution in [0.2, 0.25) is 0 Å². The van der Waals surface area contributed by atoms with Gasteiger partial charge >= 0.3 is 0 Å². The fourth-order valence-electron chi connectivity index (χ4n) is 1.83. The van der Waals surface area contributed by atoms with Gasteiger partial charge in [0.1, 0.15) is 12.1 Å². The molecule has 94 valence electrons. The lowest BCUT2D eigenvalue weighted by molar-refractivity contribution is 0.866. The van der Waals surface area contributed by atoms with Crippen molar-refractivity contribution >= 4 is 28.4 Å². The summed E-state index contributed by atoms with van der Waals surface area (Å²) in [4.78, 5) is 10.4. The van der Waals surface area contributed by atoms with Gasteiger partial charge in [-0.05, 0) is 33.7 Å². The highest BCUT2D eigenvalue weighted by Gasteiger charge is 2.09. The molecule has 0 bridgehead atoms. The Kier molecular flexibility index (Phi) is 4.48. The fourth-order valence-corrected chi connectivity index (χ4v) is 2.54. The smallest absolute Gasteiger partial charge is 0.145 e. The average Bonchev–Trinajstić information content (AvgIpc) is 2.39. The van der Waals surface area contributed by atoms with Crippen molar-refractivity contribution < 1.29 is 0 Å². The average molecular weight is 354 g/mol. The van der Waals surface area contributed by atoms with E-state index in [0.29, 0.717) is 6.54 Å². The maximum Gasteiger partial charge on any atom is 0.145 e. The van der Waals surface area contributed by atoms with E-state index in [0.717, 1.165) is 15.9 Å². The lowest BCUT2D eigenvalue weighted by Gasteiger charge is -2.20. The zero-order valence-electron chi connectivity index (χ0n) is 10.2. The normalized spacial score (nSPS) is 10.4. The second kappa shape index (κ2) is 6.10. The summed E-state index contributed by atoms with van der Waals surface area (Å²) in [6, 6.07) is 8.22. The Labute approximate surface area is 120 Å². The molecule has 4 nitrogen and oxygen atoms in total. The van der Waals surface area contributed by atoms with E-state index in [1.54, 1.807) is 6.33 Å². The fraction of sp³-hybridized carbons (Fsp3) is 0.231. The van der Waals surface area contributed by atoms with Crippen LogP contribution in [0.1, 0.15) is 11.1 Å². The van der Waals surface area contributed by atoms with Crippen molar-refractivity contribution in [2.75, 3.05) is 11.9 Å². The molecule has 2 rings (SSSR count). The molecule has 0 aliphatic carbocycles. The van der Waals surface area contributed by atoms with Gasteiger partial charge in [0.05, 0.1) is 3.57 Å². The Morgan fingerprint density at radius 3 is 2.67 bits per heavy atom. The number of hydrogen-bond donors (Lipinski definition) is 1. The van der Waals surface area contributed by atoms with E-state index in [2.05, 4.69) is 49.6 Å². The summed E-state index contributed by atoms with van der Waals surface area (Å²) in [5.41, 5.74) is 8.16. The molecule has 0 saturated carbocycles. The van der Waals surface area contributed by atoms with Crippen molar-refractivity contribution in [2.24, 2.45) is 5.73 Å². The van der Waals surface area contributed by atoms with Gasteiger partial charge in [-0.3, -0.25) is 0 Å². The summed E-state index contributed by atoms with van der Waals surface area (Å²) < 4.78 is 1.04. The molecule has 0 saturated heterocycles. The molecular formula is C13H15IN4. The Morgan fingerprint density at radius 2 is 2.00 bits per heavy atom. The SMILES string of the molecule is CN(Cc1ccccc1CN)c1ncncc1I. The number of hydrogen-bond acceptors (Lipinski definition) is 4. The molecule has 0 radical (unpaired) electrons. The van der Waals surface area contributed by atoms with Crippen LogP contribution in [0.25, 0.3) is 0 Å². The molecular weight excluding hydrogens is 339 g/mol. The number of anilines is 1. The largest absolute Gasteiger partial charge is 0.354 e. The molecule has 5 heteroatoms. The van der Waals surface area contributed by atoms with E-state index in [1.165, 1.54) is 11.1 Å². The summed E-state index contributed by atoms with van der Waals surface area (Å²) in [6.45, 7) is 1.35. The van der Waals surface area contributed by atoms with Crippen LogP contribution in [0.4, 0.5) is 5.82 Å². The first-order valence-electron chi connectivity index (χ1n) is 5.66. The van der Waals surface area contributed by atoms with Gasteiger partial charge in [-0.2, -0.15) is 0 Å². The highest BCUT2D eigenvalue weighted by atomic mass is 127. The van der Waals surface area contributed by atoms with Gasteiger partial charge in [0.25, 0.3) is 0 Å². The first-order valence-corrected chi connectivity index (χ1v) is 6.73. The molecule has 2 aromatic rings. The van der Waals surface area contributed by atoms with Crippen LogP contribution >= 0.6 is 22.6 Å². The lowest BCUT2D eigenvalue weighted by Crippen LogP contribution is -2.20. The predicted octanol–water partition coefficient (Wildman–Crippen LogP) is 2.18. The maximum absolute atomic E-state index is 5.75. The van der Waals surface area contributed by atoms with E-state index in [1.807, 2.05) is 25.4 Å². The Morgan fingerprint density at radius 1 is 1.28 bits per heavy atom. The third kappa shape index (κ3) is 2.97. The molecule has 1 aromatic heterocycles. The van der Waals surface area contributed by atoms with E-state index < -0.39 is 0 Å². The second-order valence-corrected chi connectivity index (χ2v) is 5.19. The van der Waals surface area contributed by atoms with Crippen LogP contribution in [-0.2, 0) is 13.1 Å². The van der Waals surface area contributed by atoms with Crippen LogP contribution in [0.5, 0.6) is 0 Å². The van der Waals surface area contributed by atoms with E-state index >= 15 is 0 Å². The van der Waals surface area contributed by atoms with Crippen LogP contribution in [0.15, 0.2) is 36.8 Å². The second-order valence-electron chi connectivity index (χ2n) is 4.02. The number of nitrogens with two attached hydrogens (primary N) is 1. The Balaban J connectivity index is 2.21. The first kappa shape index (κ1) is 13.2. The molecule has 0 fully saturated rings. The molecule has 0 aliphatic heterocycles. The topological polar surface area (TPSA) is 55.0 Å². The molecule has 2 N–H and O–H groups in total. The van der Waals surface area contributed by atoms with Gasteiger partial charge < -0.3 is 10.6 Å². The minimum absolute atomic E-state index is 0.560. The number of benzene rings is 1. The summed E-state index contributed by atoms with van der Waals surface area (Å²) >= 11 is 2.24. The lowest BCUT2D eigenvalue weighted by atomic mass is 10.1. The zero-order valence-corrected chi connectivity index (χ0v) is 12.3. The standard InChI is InChI=1S/C13H15IN4/c1-18(13-12(14)7-16-9-17-13)8-11-5-3-2-4-10(11)6-15/h2-5,7,9H,6,8,15H2,1H3. The molecule has 1 aromatic carbocycles. The van der Waals surface area contributed by atoms with E-state index in [-0.39, 0.29) is 0 Å². The zero-order chi connectivity index (χ0) is 13.0. The molecule has 0 spiro atoms. The predicted molar refractivity (Wildman–Crippen MR) is 81.2 cm³/mol. The Bertz CT molecular complexity index is 530. The molecule has 18 heavy (non-hydrogen) atoms. The summed E-state index contributed by atoms with van der Waals surface area (Å²) in [6.07, 6.45) is 3.39. The monoisotopic (exact) mass is 354 g/mol. The number of halogens is 1. The highest BCUT2D eigenvalue weighted by molar-refractivity contribution is 14.1. The van der Waals surface area contributed by atoms with E-state index in [9.17, 15) is 0 Å². The minimum Gasteiger partial charge on any atom is -0.354 e. The van der Waals surface area contributed by atoms with Gasteiger partial charge in [0.2, 0.25) is 0 Å². The molecule has 1 heterocycles. The third-order valence-electron chi connectivity index (χ3n) is 2.76. The maximum atomic E-state index is 5.75. The summed E-state index contributed by atoms with van der Waals surface area (Å²) in [5, 5.41) is 0. The number of rotatable bonds is 4. The van der Waals surface area contributed by atoms with Gasteiger partial charge in [0, 0.05) is 26.3 Å². The van der Waals surface area contributed by atoms with Crippen molar-refractivity contribution in [3.8, 4) is 0 Å². The van der Waals surface area contributed by atoms with Gasteiger partial charge in [-0.25, -0.2) is 9.97 Å². The van der Waals surface area contributed by atoms with Gasteiger partial charge in [-0.1, -0.05) is 24.3 Å². The highest BCUT2D eigenvalue weighted by Crippen LogP contribution is 2.19. The van der Waals surface area contributed by atoms with Crippen LogP contribution in [0.3, 0.4) is 0 Å². The van der Waals surface area contributed by atoms with Crippen LogP contribution in [-0.4, -0.2) is 17.0 Å². The number of aromatic nitrogens is 2. The molecule has 0 amide bonds. The van der Waals surface area contributed by atoms with Crippen molar-refractivity contribution in [3.63, 3.8) is 0 Å². The van der Waals surface area contributed by atoms with Crippen molar-refractivity contribution in [1.82, 2.24) is 9.97 Å². The van der Waals surface area contributed by atoms with E-state index in [4.69, 9.17) is 5.73 Å². The number of nitrogens with zero attached hydrogens (tertiary/aromatic N) is 3. The molecule has 0 atom stereocenters. The molecule has 0 unspecified atom stereocenters. The van der Waals surface area contributed by atoms with Crippen molar-refractivity contribution in [1.29, 1.82) is 0 Å². The third-order valence-corrected chi connectivity index (χ3v) is 3.52. The van der Waals surface area contributed by atoms with Crippen LogP contribution < -0.4 is 10.6 Å². The minimum atomic E-state index is 0.560. The molecule has 0 aliphatic rings. The quantitative estimate of drug-likeness (QED) is 0.856. The summed E-state index contributed by atoms with van der Waals surface area (Å²) in [7, 11) is 2.03.